The van der Waals surface area contributed by atoms with Gasteiger partial charge in [0.15, 0.2) is 0 Å². The van der Waals surface area contributed by atoms with Gasteiger partial charge in [-0.05, 0) is 25.0 Å². The van der Waals surface area contributed by atoms with Gasteiger partial charge in [-0.15, -0.1) is 0 Å². The van der Waals surface area contributed by atoms with Crippen molar-refractivity contribution in [2.75, 3.05) is 18.4 Å². The Morgan fingerprint density at radius 2 is 1.68 bits per heavy atom. The summed E-state index contributed by atoms with van der Waals surface area (Å²) in [4.78, 5) is 27.3. The minimum atomic E-state index is -0.564. The fraction of sp³-hybridized carbons (Fsp3) is 0.500. The van der Waals surface area contributed by atoms with Crippen molar-refractivity contribution in [3.8, 4) is 0 Å². The van der Waals surface area contributed by atoms with Crippen LogP contribution in [-0.2, 0) is 4.79 Å². The third-order valence-electron chi connectivity index (χ3n) is 3.98. The Labute approximate surface area is 149 Å². The second kappa shape index (κ2) is 7.72. The average molecular weight is 344 g/mol. The molecule has 1 heterocycles. The Hall–Kier alpha value is -2.30. The maximum atomic E-state index is 13.0. The molecule has 136 valence electrons. The van der Waals surface area contributed by atoms with E-state index in [1.807, 2.05) is 58.9 Å². The third-order valence-corrected chi connectivity index (χ3v) is 3.98. The van der Waals surface area contributed by atoms with Crippen molar-refractivity contribution >= 4 is 28.5 Å². The molecule has 0 fully saturated rings. The number of hydrogen-bond acceptors (Lipinski definition) is 3. The molecular formula is C20H28N2O3. The smallest absolute Gasteiger partial charge is 0.291 e. The summed E-state index contributed by atoms with van der Waals surface area (Å²) in [7, 11) is 0. The van der Waals surface area contributed by atoms with E-state index in [-0.39, 0.29) is 17.6 Å². The first-order valence-electron chi connectivity index (χ1n) is 8.91. The monoisotopic (exact) mass is 344 g/mol. The highest BCUT2D eigenvalue weighted by atomic mass is 16.3. The van der Waals surface area contributed by atoms with Gasteiger partial charge in [-0.1, -0.05) is 46.8 Å². The number of rotatable bonds is 6. The van der Waals surface area contributed by atoms with Gasteiger partial charge in [-0.2, -0.15) is 0 Å². The first-order chi connectivity index (χ1) is 11.8. The summed E-state index contributed by atoms with van der Waals surface area (Å²) in [5.41, 5.74) is 0.506. The predicted molar refractivity (Wildman–Crippen MR) is 101 cm³/mol. The molecule has 0 saturated heterocycles. The van der Waals surface area contributed by atoms with Crippen LogP contribution in [-0.4, -0.2) is 29.8 Å². The SMILES string of the molecule is CCCN(CCC)C(=O)c1oc2ccccc2c1NC(=O)C(C)(C)C. The lowest BCUT2D eigenvalue weighted by Crippen LogP contribution is -2.33. The summed E-state index contributed by atoms with van der Waals surface area (Å²) < 4.78 is 5.84. The summed E-state index contributed by atoms with van der Waals surface area (Å²) in [5, 5.41) is 3.66. The summed E-state index contributed by atoms with van der Waals surface area (Å²) in [5.74, 6) is -0.115. The molecule has 0 aliphatic carbocycles. The van der Waals surface area contributed by atoms with Crippen LogP contribution in [0.1, 0.15) is 58.0 Å². The summed E-state index contributed by atoms with van der Waals surface area (Å²) in [6, 6.07) is 7.39. The van der Waals surface area contributed by atoms with Crippen LogP contribution in [0.4, 0.5) is 5.69 Å². The molecule has 2 rings (SSSR count). The van der Waals surface area contributed by atoms with E-state index in [2.05, 4.69) is 5.32 Å². The minimum Gasteiger partial charge on any atom is -0.449 e. The number of nitrogens with zero attached hydrogens (tertiary/aromatic N) is 1. The van der Waals surface area contributed by atoms with Crippen molar-refractivity contribution in [1.29, 1.82) is 0 Å². The number of anilines is 1. The molecule has 1 aromatic carbocycles. The van der Waals surface area contributed by atoms with E-state index in [0.29, 0.717) is 24.4 Å². The van der Waals surface area contributed by atoms with Crippen LogP contribution in [0, 0.1) is 5.41 Å². The summed E-state index contributed by atoms with van der Waals surface area (Å²) in [6.45, 7) is 10.9. The standard InChI is InChI=1S/C20H28N2O3/c1-6-12-22(13-7-2)18(23)17-16(21-19(24)20(3,4)5)14-10-8-9-11-15(14)25-17/h8-11H,6-7,12-13H2,1-5H3,(H,21,24). The molecule has 25 heavy (non-hydrogen) atoms. The van der Waals surface area contributed by atoms with Crippen LogP contribution in [0.3, 0.4) is 0 Å². The van der Waals surface area contributed by atoms with Crippen LogP contribution < -0.4 is 5.32 Å². The van der Waals surface area contributed by atoms with Crippen molar-refractivity contribution in [3.63, 3.8) is 0 Å². The lowest BCUT2D eigenvalue weighted by molar-refractivity contribution is -0.123. The van der Waals surface area contributed by atoms with Gasteiger partial charge in [-0.3, -0.25) is 9.59 Å². The molecule has 0 atom stereocenters. The van der Waals surface area contributed by atoms with E-state index in [0.717, 1.165) is 18.2 Å². The highest BCUT2D eigenvalue weighted by Crippen LogP contribution is 2.33. The average Bonchev–Trinajstić information content (AvgIpc) is 2.92. The van der Waals surface area contributed by atoms with Crippen LogP contribution in [0.5, 0.6) is 0 Å². The van der Waals surface area contributed by atoms with Crippen molar-refractivity contribution in [2.24, 2.45) is 5.41 Å². The van der Waals surface area contributed by atoms with E-state index in [1.165, 1.54) is 0 Å². The fourth-order valence-electron chi connectivity index (χ4n) is 2.62. The lowest BCUT2D eigenvalue weighted by Gasteiger charge is -2.22. The van der Waals surface area contributed by atoms with Gasteiger partial charge in [0, 0.05) is 23.9 Å². The Bertz CT molecular complexity index is 750. The van der Waals surface area contributed by atoms with E-state index < -0.39 is 5.41 Å². The number of hydrogen-bond donors (Lipinski definition) is 1. The largest absolute Gasteiger partial charge is 0.449 e. The number of benzene rings is 1. The molecule has 0 unspecified atom stereocenters. The molecule has 0 aliphatic rings. The number of para-hydroxylation sites is 1. The van der Waals surface area contributed by atoms with Crippen LogP contribution >= 0.6 is 0 Å². The molecule has 0 saturated carbocycles. The summed E-state index contributed by atoms with van der Waals surface area (Å²) in [6.07, 6.45) is 1.74. The topological polar surface area (TPSA) is 62.6 Å². The highest BCUT2D eigenvalue weighted by molar-refractivity contribution is 6.11. The number of nitrogens with one attached hydrogen (secondary N) is 1. The zero-order chi connectivity index (χ0) is 18.6. The minimum absolute atomic E-state index is 0.148. The van der Waals surface area contributed by atoms with Gasteiger partial charge < -0.3 is 14.6 Å². The molecule has 2 amide bonds. The highest BCUT2D eigenvalue weighted by Gasteiger charge is 2.29. The molecule has 2 aromatic rings. The van der Waals surface area contributed by atoms with Gasteiger partial charge in [-0.25, -0.2) is 0 Å². The van der Waals surface area contributed by atoms with E-state index in [4.69, 9.17) is 4.42 Å². The zero-order valence-electron chi connectivity index (χ0n) is 15.8. The molecule has 0 aliphatic heterocycles. The normalized spacial score (nSPS) is 11.6. The molecular weight excluding hydrogens is 316 g/mol. The van der Waals surface area contributed by atoms with E-state index in [9.17, 15) is 9.59 Å². The van der Waals surface area contributed by atoms with E-state index >= 15 is 0 Å². The summed E-state index contributed by atoms with van der Waals surface area (Å²) >= 11 is 0. The van der Waals surface area contributed by atoms with Gasteiger partial charge in [0.25, 0.3) is 5.91 Å². The second-order valence-corrected chi connectivity index (χ2v) is 7.30. The molecule has 5 heteroatoms. The van der Waals surface area contributed by atoms with Gasteiger partial charge in [0.2, 0.25) is 11.7 Å². The number of carbonyl (C=O) groups is 2. The molecule has 0 bridgehead atoms. The molecule has 5 nitrogen and oxygen atoms in total. The maximum Gasteiger partial charge on any atom is 0.291 e. The first kappa shape index (κ1) is 19.0. The third kappa shape index (κ3) is 4.21. The van der Waals surface area contributed by atoms with Crippen molar-refractivity contribution in [1.82, 2.24) is 4.90 Å². The van der Waals surface area contributed by atoms with Gasteiger partial charge >= 0.3 is 0 Å². The number of fused-ring (bicyclic) bond motifs is 1. The van der Waals surface area contributed by atoms with Crippen LogP contribution in [0.2, 0.25) is 0 Å². The Balaban J connectivity index is 2.49. The number of carbonyl (C=O) groups excluding carboxylic acids is 2. The van der Waals surface area contributed by atoms with Crippen LogP contribution in [0.15, 0.2) is 28.7 Å². The van der Waals surface area contributed by atoms with Gasteiger partial charge in [0.05, 0.1) is 0 Å². The Kier molecular flexibility index (Phi) is 5.88. The predicted octanol–water partition coefficient (Wildman–Crippen LogP) is 4.68. The Morgan fingerprint density at radius 3 is 2.24 bits per heavy atom. The molecule has 1 N–H and O–H groups in total. The molecule has 0 spiro atoms. The number of furan rings is 1. The lowest BCUT2D eigenvalue weighted by atomic mass is 9.95. The zero-order valence-corrected chi connectivity index (χ0v) is 15.8. The number of amides is 2. The maximum absolute atomic E-state index is 13.0. The van der Waals surface area contributed by atoms with Crippen molar-refractivity contribution in [3.05, 3.63) is 30.0 Å². The van der Waals surface area contributed by atoms with Crippen molar-refractivity contribution < 1.29 is 14.0 Å². The van der Waals surface area contributed by atoms with Crippen LogP contribution in [0.25, 0.3) is 11.0 Å². The van der Waals surface area contributed by atoms with Gasteiger partial charge in [0.1, 0.15) is 11.3 Å². The fourth-order valence-corrected chi connectivity index (χ4v) is 2.62. The first-order valence-corrected chi connectivity index (χ1v) is 8.91. The Morgan fingerprint density at radius 1 is 1.08 bits per heavy atom. The second-order valence-electron chi connectivity index (χ2n) is 7.30. The molecule has 1 aromatic heterocycles. The van der Waals surface area contributed by atoms with E-state index in [1.54, 1.807) is 4.90 Å². The quantitative estimate of drug-likeness (QED) is 0.827. The molecule has 0 radical (unpaired) electrons. The van der Waals surface area contributed by atoms with Crippen molar-refractivity contribution in [2.45, 2.75) is 47.5 Å².